The summed E-state index contributed by atoms with van der Waals surface area (Å²) in [6.07, 6.45) is 4.58. The molecule has 3 heterocycles. The van der Waals surface area contributed by atoms with Gasteiger partial charge in [0.05, 0.1) is 29.3 Å². The molecule has 0 aromatic carbocycles. The zero-order valence-electron chi connectivity index (χ0n) is 11.8. The Morgan fingerprint density at radius 2 is 1.89 bits per heavy atom. The molecule has 4 heteroatoms. The molecule has 0 aromatic rings. The lowest BCUT2D eigenvalue weighted by atomic mass is 9.79. The predicted molar refractivity (Wildman–Crippen MR) is 67.6 cm³/mol. The van der Waals surface area contributed by atoms with E-state index in [4.69, 9.17) is 14.2 Å². The first kappa shape index (κ1) is 12.2. The summed E-state index contributed by atoms with van der Waals surface area (Å²) in [6.45, 7) is 6.34. The summed E-state index contributed by atoms with van der Waals surface area (Å²) in [5.74, 6) is 0.246. The lowest BCUT2D eigenvalue weighted by Crippen LogP contribution is -2.30. The van der Waals surface area contributed by atoms with Gasteiger partial charge in [-0.25, -0.2) is 0 Å². The number of fused-ring (bicyclic) bond motifs is 3. The minimum Gasteiger partial charge on any atom is -0.462 e. The fourth-order valence-corrected chi connectivity index (χ4v) is 4.10. The van der Waals surface area contributed by atoms with Crippen molar-refractivity contribution >= 4 is 5.97 Å². The van der Waals surface area contributed by atoms with Crippen LogP contribution in [-0.2, 0) is 19.0 Å². The van der Waals surface area contributed by atoms with E-state index in [-0.39, 0.29) is 29.2 Å². The van der Waals surface area contributed by atoms with Crippen LogP contribution in [0.4, 0.5) is 0 Å². The molecule has 0 bridgehead atoms. The van der Waals surface area contributed by atoms with Crippen LogP contribution in [0.2, 0.25) is 0 Å². The van der Waals surface area contributed by atoms with Gasteiger partial charge >= 0.3 is 5.97 Å². The molecule has 19 heavy (non-hydrogen) atoms. The predicted octanol–water partition coefficient (Wildman–Crippen LogP) is 2.05. The van der Waals surface area contributed by atoms with Crippen LogP contribution in [0, 0.1) is 11.8 Å². The molecule has 1 aliphatic carbocycles. The SMILES string of the molecule is CC1C(=O)OC2CC3(C)OC3CCC3(C)OC3CC21. The van der Waals surface area contributed by atoms with Gasteiger partial charge in [0.25, 0.3) is 0 Å². The summed E-state index contributed by atoms with van der Waals surface area (Å²) in [5, 5.41) is 0. The summed E-state index contributed by atoms with van der Waals surface area (Å²) in [5.41, 5.74) is -0.0640. The van der Waals surface area contributed by atoms with E-state index in [1.165, 1.54) is 0 Å². The van der Waals surface area contributed by atoms with E-state index in [1.54, 1.807) is 0 Å². The number of ether oxygens (including phenoxy) is 3. The van der Waals surface area contributed by atoms with Crippen molar-refractivity contribution in [2.75, 3.05) is 0 Å². The number of carbonyl (C=O) groups is 1. The van der Waals surface area contributed by atoms with Crippen LogP contribution in [0.15, 0.2) is 0 Å². The lowest BCUT2D eigenvalue weighted by Gasteiger charge is -2.22. The molecule has 4 rings (SSSR count). The molecule has 1 saturated carbocycles. The van der Waals surface area contributed by atoms with E-state index < -0.39 is 0 Å². The number of esters is 1. The Bertz CT molecular complexity index is 436. The zero-order chi connectivity index (χ0) is 13.4. The number of carbonyl (C=O) groups excluding carboxylic acids is 1. The van der Waals surface area contributed by atoms with Crippen molar-refractivity contribution in [1.29, 1.82) is 0 Å². The highest BCUT2D eigenvalue weighted by Gasteiger charge is 2.62. The van der Waals surface area contributed by atoms with Gasteiger partial charge in [0.2, 0.25) is 0 Å². The third kappa shape index (κ3) is 1.76. The summed E-state index contributed by atoms with van der Waals surface area (Å²) in [4.78, 5) is 11.9. The molecule has 3 saturated heterocycles. The van der Waals surface area contributed by atoms with Gasteiger partial charge in [0.1, 0.15) is 6.10 Å². The summed E-state index contributed by atoms with van der Waals surface area (Å²) >= 11 is 0. The molecule has 0 radical (unpaired) electrons. The van der Waals surface area contributed by atoms with E-state index >= 15 is 0 Å². The summed E-state index contributed by atoms with van der Waals surface area (Å²) < 4.78 is 17.4. The summed E-state index contributed by atoms with van der Waals surface area (Å²) in [7, 11) is 0. The molecule has 7 atom stereocenters. The van der Waals surface area contributed by atoms with Crippen molar-refractivity contribution in [2.45, 2.75) is 76.0 Å². The first-order valence-corrected chi connectivity index (χ1v) is 7.47. The highest BCUT2D eigenvalue weighted by molar-refractivity contribution is 5.74. The van der Waals surface area contributed by atoms with E-state index in [1.807, 2.05) is 6.92 Å². The van der Waals surface area contributed by atoms with Gasteiger partial charge in [0.15, 0.2) is 0 Å². The lowest BCUT2D eigenvalue weighted by molar-refractivity contribution is -0.144. The monoisotopic (exact) mass is 266 g/mol. The molecule has 0 spiro atoms. The van der Waals surface area contributed by atoms with Crippen LogP contribution in [0.25, 0.3) is 0 Å². The molecule has 0 aromatic heterocycles. The molecule has 4 aliphatic rings. The topological polar surface area (TPSA) is 51.4 Å². The molecule has 4 fully saturated rings. The highest BCUT2D eigenvalue weighted by atomic mass is 16.6. The van der Waals surface area contributed by atoms with Gasteiger partial charge in [-0.2, -0.15) is 0 Å². The van der Waals surface area contributed by atoms with Gasteiger partial charge in [-0.15, -0.1) is 0 Å². The fraction of sp³-hybridized carbons (Fsp3) is 0.933. The number of epoxide rings is 2. The number of rotatable bonds is 0. The van der Waals surface area contributed by atoms with Crippen molar-refractivity contribution in [3.8, 4) is 0 Å². The van der Waals surface area contributed by atoms with Crippen LogP contribution in [0.5, 0.6) is 0 Å². The van der Waals surface area contributed by atoms with E-state index in [0.29, 0.717) is 18.1 Å². The van der Waals surface area contributed by atoms with Gasteiger partial charge < -0.3 is 14.2 Å². The van der Waals surface area contributed by atoms with Crippen molar-refractivity contribution in [1.82, 2.24) is 0 Å². The van der Waals surface area contributed by atoms with Crippen molar-refractivity contribution in [3.05, 3.63) is 0 Å². The standard InChI is InChI=1S/C15H22O4/c1-8-9-6-12-14(2,19-12)5-4-11-15(3,18-11)7-10(9)17-13(8)16/h8-12H,4-7H2,1-3H3. The Kier molecular flexibility index (Phi) is 2.26. The van der Waals surface area contributed by atoms with Crippen LogP contribution in [0.1, 0.15) is 46.5 Å². The van der Waals surface area contributed by atoms with Gasteiger partial charge in [-0.3, -0.25) is 4.79 Å². The first-order valence-electron chi connectivity index (χ1n) is 7.47. The normalized spacial score (nSPS) is 59.5. The van der Waals surface area contributed by atoms with Crippen LogP contribution in [0.3, 0.4) is 0 Å². The van der Waals surface area contributed by atoms with Crippen LogP contribution >= 0.6 is 0 Å². The summed E-state index contributed by atoms with van der Waals surface area (Å²) in [6, 6.07) is 0. The minimum atomic E-state index is -0.0780. The Labute approximate surface area is 113 Å². The average molecular weight is 266 g/mol. The molecule has 4 nitrogen and oxygen atoms in total. The van der Waals surface area contributed by atoms with Gasteiger partial charge in [-0.1, -0.05) is 6.92 Å². The van der Waals surface area contributed by atoms with E-state index in [0.717, 1.165) is 25.7 Å². The first-order chi connectivity index (χ1) is 8.91. The second-order valence-corrected chi connectivity index (χ2v) is 7.24. The molecule has 7 unspecified atom stereocenters. The van der Waals surface area contributed by atoms with Crippen molar-refractivity contribution in [2.24, 2.45) is 11.8 Å². The highest BCUT2D eigenvalue weighted by Crippen LogP contribution is 2.54. The van der Waals surface area contributed by atoms with E-state index in [9.17, 15) is 4.79 Å². The second kappa shape index (κ2) is 3.53. The maximum absolute atomic E-state index is 11.9. The molecule has 3 aliphatic heterocycles. The Morgan fingerprint density at radius 1 is 1.16 bits per heavy atom. The Morgan fingerprint density at radius 3 is 2.68 bits per heavy atom. The quantitative estimate of drug-likeness (QED) is 0.497. The largest absolute Gasteiger partial charge is 0.462 e. The second-order valence-electron chi connectivity index (χ2n) is 7.24. The van der Waals surface area contributed by atoms with Crippen molar-refractivity contribution < 1.29 is 19.0 Å². The number of hydrogen-bond acceptors (Lipinski definition) is 4. The number of hydrogen-bond donors (Lipinski definition) is 0. The van der Waals surface area contributed by atoms with Gasteiger partial charge in [0, 0.05) is 12.3 Å². The van der Waals surface area contributed by atoms with Crippen LogP contribution < -0.4 is 0 Å². The molecular weight excluding hydrogens is 244 g/mol. The van der Waals surface area contributed by atoms with E-state index in [2.05, 4.69) is 13.8 Å². The third-order valence-electron chi connectivity index (χ3n) is 5.83. The zero-order valence-corrected chi connectivity index (χ0v) is 11.8. The fourth-order valence-electron chi connectivity index (χ4n) is 4.10. The van der Waals surface area contributed by atoms with Crippen molar-refractivity contribution in [3.63, 3.8) is 0 Å². The van der Waals surface area contributed by atoms with Gasteiger partial charge in [-0.05, 0) is 33.1 Å². The average Bonchev–Trinajstić information content (AvgIpc) is 3.15. The Balaban J connectivity index is 1.60. The molecular formula is C15H22O4. The molecule has 106 valence electrons. The minimum absolute atomic E-state index is 0.00123. The molecule has 0 N–H and O–H groups in total. The third-order valence-corrected chi connectivity index (χ3v) is 5.83. The van der Waals surface area contributed by atoms with Crippen LogP contribution in [-0.4, -0.2) is 35.5 Å². The smallest absolute Gasteiger partial charge is 0.309 e. The maximum atomic E-state index is 11.9. The maximum Gasteiger partial charge on any atom is 0.309 e. The molecule has 0 amide bonds. The Hall–Kier alpha value is -0.610.